The molecule has 0 aliphatic rings. The molecule has 100 valence electrons. The van der Waals surface area contributed by atoms with E-state index in [1.807, 2.05) is 31.3 Å². The molecule has 1 aromatic heterocycles. The van der Waals surface area contributed by atoms with Crippen molar-refractivity contribution in [1.82, 2.24) is 20.1 Å². The number of hydrogen-bond donors (Lipinski definition) is 1. The second kappa shape index (κ2) is 5.62. The van der Waals surface area contributed by atoms with Crippen LogP contribution in [0.15, 0.2) is 30.6 Å². The molecule has 0 amide bonds. The largest absolute Gasteiger partial charge is 0.463 e. The van der Waals surface area contributed by atoms with Crippen LogP contribution in [0.5, 0.6) is 0 Å². The summed E-state index contributed by atoms with van der Waals surface area (Å²) in [5.41, 5.74) is 1.98. The molecule has 1 N–H and O–H groups in total. The summed E-state index contributed by atoms with van der Waals surface area (Å²) in [4.78, 5) is 15.2. The van der Waals surface area contributed by atoms with Crippen LogP contribution >= 0.6 is 0 Å². The Morgan fingerprint density at radius 2 is 2.26 bits per heavy atom. The second-order valence-corrected chi connectivity index (χ2v) is 4.11. The third-order valence-corrected chi connectivity index (χ3v) is 2.93. The summed E-state index contributed by atoms with van der Waals surface area (Å²) in [7, 11) is 3.21. The van der Waals surface area contributed by atoms with Crippen molar-refractivity contribution in [2.24, 2.45) is 0 Å². The lowest BCUT2D eigenvalue weighted by molar-refractivity contribution is 0.0587. The minimum atomic E-state index is -0.543. The Labute approximate surface area is 111 Å². The lowest BCUT2D eigenvalue weighted by Gasteiger charge is -2.11. The van der Waals surface area contributed by atoms with Crippen LogP contribution in [0.2, 0.25) is 0 Å². The summed E-state index contributed by atoms with van der Waals surface area (Å²) in [6.45, 7) is 2.07. The fourth-order valence-corrected chi connectivity index (χ4v) is 1.68. The highest BCUT2D eigenvalue weighted by Crippen LogP contribution is 2.16. The van der Waals surface area contributed by atoms with E-state index in [-0.39, 0.29) is 11.9 Å². The molecule has 0 aliphatic carbocycles. The number of carbonyl (C=O) groups is 1. The van der Waals surface area contributed by atoms with E-state index < -0.39 is 5.97 Å². The van der Waals surface area contributed by atoms with Gasteiger partial charge in [0, 0.05) is 6.04 Å². The van der Waals surface area contributed by atoms with E-state index in [2.05, 4.69) is 27.1 Å². The zero-order valence-corrected chi connectivity index (χ0v) is 11.1. The van der Waals surface area contributed by atoms with Crippen LogP contribution in [0.25, 0.3) is 5.69 Å². The molecule has 0 spiro atoms. The number of nitrogens with one attached hydrogen (secondary N) is 1. The Bertz CT molecular complexity index is 580. The number of ether oxygens (including phenoxy) is 1. The molecule has 1 unspecified atom stereocenters. The fraction of sp³-hybridized carbons (Fsp3) is 0.308. The van der Waals surface area contributed by atoms with Crippen LogP contribution in [0, 0.1) is 0 Å². The third kappa shape index (κ3) is 2.79. The van der Waals surface area contributed by atoms with Crippen LogP contribution in [0.3, 0.4) is 0 Å². The highest BCUT2D eigenvalue weighted by atomic mass is 16.5. The number of nitrogens with zero attached hydrogens (tertiary/aromatic N) is 3. The topological polar surface area (TPSA) is 69.0 Å². The van der Waals surface area contributed by atoms with E-state index in [1.54, 1.807) is 4.68 Å². The molecular weight excluding hydrogens is 244 g/mol. The number of methoxy groups -OCH3 is 1. The molecular formula is C13H16N4O2. The SMILES string of the molecule is CNC(C)c1cccc(-n2cnc(C(=O)OC)n2)c1. The molecule has 2 aromatic rings. The molecule has 0 bridgehead atoms. The van der Waals surface area contributed by atoms with E-state index in [9.17, 15) is 4.79 Å². The normalized spacial score (nSPS) is 12.2. The molecule has 0 fully saturated rings. The van der Waals surface area contributed by atoms with Crippen LogP contribution in [0.4, 0.5) is 0 Å². The molecule has 0 aliphatic heterocycles. The Morgan fingerprint density at radius 3 is 2.95 bits per heavy atom. The van der Waals surface area contributed by atoms with Gasteiger partial charge in [0.25, 0.3) is 5.82 Å². The van der Waals surface area contributed by atoms with Crippen molar-refractivity contribution in [3.05, 3.63) is 42.0 Å². The van der Waals surface area contributed by atoms with Gasteiger partial charge in [0.05, 0.1) is 12.8 Å². The zero-order valence-electron chi connectivity index (χ0n) is 11.1. The molecule has 1 heterocycles. The van der Waals surface area contributed by atoms with Gasteiger partial charge in [0.2, 0.25) is 0 Å². The molecule has 1 atom stereocenters. The first-order valence-corrected chi connectivity index (χ1v) is 5.93. The van der Waals surface area contributed by atoms with E-state index >= 15 is 0 Å². The zero-order chi connectivity index (χ0) is 13.8. The molecule has 19 heavy (non-hydrogen) atoms. The first-order valence-electron chi connectivity index (χ1n) is 5.93. The summed E-state index contributed by atoms with van der Waals surface area (Å²) in [6.07, 6.45) is 1.50. The van der Waals surface area contributed by atoms with Crippen molar-refractivity contribution in [3.63, 3.8) is 0 Å². The van der Waals surface area contributed by atoms with Gasteiger partial charge in [-0.25, -0.2) is 14.5 Å². The number of carbonyl (C=O) groups excluding carboxylic acids is 1. The minimum Gasteiger partial charge on any atom is -0.463 e. The monoisotopic (exact) mass is 260 g/mol. The number of esters is 1. The van der Waals surface area contributed by atoms with Gasteiger partial charge in [-0.2, -0.15) is 0 Å². The first-order chi connectivity index (χ1) is 9.15. The molecule has 2 rings (SSSR count). The van der Waals surface area contributed by atoms with Gasteiger partial charge in [-0.1, -0.05) is 12.1 Å². The van der Waals surface area contributed by atoms with Gasteiger partial charge < -0.3 is 10.1 Å². The van der Waals surface area contributed by atoms with E-state index in [1.165, 1.54) is 13.4 Å². The standard InChI is InChI=1S/C13H16N4O2/c1-9(14-2)10-5-4-6-11(7-10)17-8-15-12(16-17)13(18)19-3/h4-9,14H,1-3H3. The van der Waals surface area contributed by atoms with Crippen LogP contribution in [-0.4, -0.2) is 34.9 Å². The van der Waals surface area contributed by atoms with Crippen molar-refractivity contribution in [2.45, 2.75) is 13.0 Å². The quantitative estimate of drug-likeness (QED) is 0.840. The van der Waals surface area contributed by atoms with Gasteiger partial charge in [-0.05, 0) is 31.7 Å². The number of aromatic nitrogens is 3. The molecule has 0 saturated carbocycles. The highest BCUT2D eigenvalue weighted by molar-refractivity contribution is 5.84. The average molecular weight is 260 g/mol. The minimum absolute atomic E-state index is 0.0505. The van der Waals surface area contributed by atoms with Crippen molar-refractivity contribution < 1.29 is 9.53 Å². The van der Waals surface area contributed by atoms with Crippen molar-refractivity contribution in [2.75, 3.05) is 14.2 Å². The molecule has 0 radical (unpaired) electrons. The van der Waals surface area contributed by atoms with Gasteiger partial charge in [0.1, 0.15) is 6.33 Å². The summed E-state index contributed by atoms with van der Waals surface area (Å²) >= 11 is 0. The van der Waals surface area contributed by atoms with Crippen molar-refractivity contribution in [3.8, 4) is 5.69 Å². The summed E-state index contributed by atoms with van der Waals surface area (Å²) in [5, 5.41) is 7.26. The van der Waals surface area contributed by atoms with Crippen LogP contribution < -0.4 is 5.32 Å². The Balaban J connectivity index is 2.31. The Morgan fingerprint density at radius 1 is 1.47 bits per heavy atom. The third-order valence-electron chi connectivity index (χ3n) is 2.93. The summed E-state index contributed by atoms with van der Waals surface area (Å²) in [5.74, 6) is -0.493. The van der Waals surface area contributed by atoms with Crippen LogP contribution in [-0.2, 0) is 4.74 Å². The fourth-order valence-electron chi connectivity index (χ4n) is 1.68. The van der Waals surface area contributed by atoms with Gasteiger partial charge in [-0.15, -0.1) is 5.10 Å². The maximum absolute atomic E-state index is 11.3. The van der Waals surface area contributed by atoms with Crippen molar-refractivity contribution in [1.29, 1.82) is 0 Å². The smallest absolute Gasteiger partial charge is 0.377 e. The number of rotatable bonds is 4. The van der Waals surface area contributed by atoms with Gasteiger partial charge >= 0.3 is 5.97 Å². The summed E-state index contributed by atoms with van der Waals surface area (Å²) < 4.78 is 6.13. The molecule has 1 aromatic carbocycles. The lowest BCUT2D eigenvalue weighted by atomic mass is 10.1. The first kappa shape index (κ1) is 13.2. The summed E-state index contributed by atoms with van der Waals surface area (Å²) in [6, 6.07) is 8.11. The molecule has 6 nitrogen and oxygen atoms in total. The molecule has 6 heteroatoms. The van der Waals surface area contributed by atoms with Crippen LogP contribution in [0.1, 0.15) is 29.1 Å². The van der Waals surface area contributed by atoms with Gasteiger partial charge in [0.15, 0.2) is 0 Å². The Kier molecular flexibility index (Phi) is 3.91. The van der Waals surface area contributed by atoms with E-state index in [4.69, 9.17) is 0 Å². The predicted molar refractivity (Wildman–Crippen MR) is 70.2 cm³/mol. The number of benzene rings is 1. The second-order valence-electron chi connectivity index (χ2n) is 4.11. The maximum Gasteiger partial charge on any atom is 0.377 e. The molecule has 0 saturated heterocycles. The number of hydrogen-bond acceptors (Lipinski definition) is 5. The Hall–Kier alpha value is -2.21. The maximum atomic E-state index is 11.3. The van der Waals surface area contributed by atoms with E-state index in [0.717, 1.165) is 11.3 Å². The van der Waals surface area contributed by atoms with E-state index in [0.29, 0.717) is 0 Å². The van der Waals surface area contributed by atoms with Crippen molar-refractivity contribution >= 4 is 5.97 Å². The van der Waals surface area contributed by atoms with Gasteiger partial charge in [-0.3, -0.25) is 0 Å². The highest BCUT2D eigenvalue weighted by Gasteiger charge is 2.12. The predicted octanol–water partition coefficient (Wildman–Crippen LogP) is 1.33. The lowest BCUT2D eigenvalue weighted by Crippen LogP contribution is -2.12. The average Bonchev–Trinajstić information content (AvgIpc) is 2.95.